The van der Waals surface area contributed by atoms with E-state index in [0.29, 0.717) is 5.57 Å². The Morgan fingerprint density at radius 1 is 1.67 bits per heavy atom. The quantitative estimate of drug-likeness (QED) is 0.481. The first kappa shape index (κ1) is 6.06. The molecule has 0 heterocycles. The van der Waals surface area contributed by atoms with E-state index in [1.165, 1.54) is 0 Å². The van der Waals surface area contributed by atoms with Gasteiger partial charge in [-0.05, 0) is 18.1 Å². The van der Waals surface area contributed by atoms with Crippen LogP contribution in [-0.2, 0) is 4.79 Å². The zero-order chi connectivity index (χ0) is 6.69. The lowest BCUT2D eigenvalue weighted by Crippen LogP contribution is -1.79. The Labute approximate surface area is 54.4 Å². The average Bonchev–Trinajstić information content (AvgIpc) is 2.33. The van der Waals surface area contributed by atoms with Gasteiger partial charge in [0.05, 0.1) is 5.57 Å². The van der Waals surface area contributed by atoms with Crippen LogP contribution in [-0.4, -0.2) is 5.94 Å². The number of hydrogen-bond acceptors (Lipinski definition) is 1. The van der Waals surface area contributed by atoms with Crippen molar-refractivity contribution in [2.24, 2.45) is 0 Å². The third kappa shape index (κ3) is 1.01. The van der Waals surface area contributed by atoms with Gasteiger partial charge in [0.25, 0.3) is 0 Å². The Morgan fingerprint density at radius 2 is 2.44 bits per heavy atom. The Bertz CT molecular complexity index is 215. The Balaban J connectivity index is 2.91. The van der Waals surface area contributed by atoms with Gasteiger partial charge in [-0.1, -0.05) is 19.1 Å². The van der Waals surface area contributed by atoms with Crippen LogP contribution in [0.15, 0.2) is 29.4 Å². The molecule has 1 aliphatic carbocycles. The molecule has 1 rings (SSSR count). The second-order valence-corrected chi connectivity index (χ2v) is 1.92. The molecule has 0 aromatic rings. The SMILES string of the molecule is CCC1=CC=CC1=C=O. The van der Waals surface area contributed by atoms with Crippen molar-refractivity contribution in [3.8, 4) is 0 Å². The summed E-state index contributed by atoms with van der Waals surface area (Å²) in [5, 5.41) is 0. The molecular formula is C8H8O. The summed E-state index contributed by atoms with van der Waals surface area (Å²) in [4.78, 5) is 10.1. The average molecular weight is 120 g/mol. The normalized spacial score (nSPS) is 15.7. The van der Waals surface area contributed by atoms with E-state index in [9.17, 15) is 4.79 Å². The van der Waals surface area contributed by atoms with Crippen molar-refractivity contribution >= 4 is 5.94 Å². The summed E-state index contributed by atoms with van der Waals surface area (Å²) in [7, 11) is 0. The molecule has 0 saturated carbocycles. The summed E-state index contributed by atoms with van der Waals surface area (Å²) in [6, 6.07) is 0. The number of rotatable bonds is 1. The molecular weight excluding hydrogens is 112 g/mol. The third-order valence-corrected chi connectivity index (χ3v) is 1.40. The highest BCUT2D eigenvalue weighted by Gasteiger charge is 2.02. The molecule has 9 heavy (non-hydrogen) atoms. The topological polar surface area (TPSA) is 17.1 Å². The highest BCUT2D eigenvalue weighted by Crippen LogP contribution is 2.17. The van der Waals surface area contributed by atoms with Crippen LogP contribution in [0.3, 0.4) is 0 Å². The van der Waals surface area contributed by atoms with Gasteiger partial charge < -0.3 is 0 Å². The van der Waals surface area contributed by atoms with Crippen molar-refractivity contribution in [3.63, 3.8) is 0 Å². The maximum Gasteiger partial charge on any atom is 0.132 e. The lowest BCUT2D eigenvalue weighted by atomic mass is 10.1. The van der Waals surface area contributed by atoms with Crippen LogP contribution < -0.4 is 0 Å². The van der Waals surface area contributed by atoms with E-state index in [1.54, 1.807) is 6.08 Å². The molecule has 0 N–H and O–H groups in total. The van der Waals surface area contributed by atoms with Crippen molar-refractivity contribution in [1.29, 1.82) is 0 Å². The monoisotopic (exact) mass is 120 g/mol. The van der Waals surface area contributed by atoms with Gasteiger partial charge in [0, 0.05) is 0 Å². The van der Waals surface area contributed by atoms with E-state index in [4.69, 9.17) is 0 Å². The predicted octanol–water partition coefficient (Wildman–Crippen LogP) is 1.65. The molecule has 0 aromatic carbocycles. The summed E-state index contributed by atoms with van der Waals surface area (Å²) >= 11 is 0. The predicted molar refractivity (Wildman–Crippen MR) is 36.7 cm³/mol. The van der Waals surface area contributed by atoms with E-state index < -0.39 is 0 Å². The molecule has 0 amide bonds. The van der Waals surface area contributed by atoms with Gasteiger partial charge >= 0.3 is 0 Å². The van der Waals surface area contributed by atoms with Crippen LogP contribution in [0.25, 0.3) is 0 Å². The van der Waals surface area contributed by atoms with Gasteiger partial charge in [0.2, 0.25) is 0 Å². The molecule has 0 saturated heterocycles. The van der Waals surface area contributed by atoms with Gasteiger partial charge in [0.15, 0.2) is 0 Å². The van der Waals surface area contributed by atoms with Crippen LogP contribution in [0.4, 0.5) is 0 Å². The molecule has 0 fully saturated rings. The number of allylic oxidation sites excluding steroid dienone is 5. The first-order valence-corrected chi connectivity index (χ1v) is 3.01. The van der Waals surface area contributed by atoms with Crippen molar-refractivity contribution < 1.29 is 4.79 Å². The van der Waals surface area contributed by atoms with Crippen LogP contribution in [0, 0.1) is 0 Å². The van der Waals surface area contributed by atoms with Gasteiger partial charge in [-0.2, -0.15) is 0 Å². The summed E-state index contributed by atoms with van der Waals surface area (Å²) in [6.45, 7) is 2.02. The minimum absolute atomic E-state index is 0.706. The van der Waals surface area contributed by atoms with E-state index in [0.717, 1.165) is 12.0 Å². The molecule has 0 aromatic heterocycles. The van der Waals surface area contributed by atoms with Gasteiger partial charge in [-0.3, -0.25) is 0 Å². The van der Waals surface area contributed by atoms with E-state index in [2.05, 4.69) is 0 Å². The fourth-order valence-corrected chi connectivity index (χ4v) is 0.865. The van der Waals surface area contributed by atoms with Crippen LogP contribution in [0.1, 0.15) is 13.3 Å². The van der Waals surface area contributed by atoms with Gasteiger partial charge in [-0.25, -0.2) is 4.79 Å². The first-order chi connectivity index (χ1) is 4.38. The zero-order valence-corrected chi connectivity index (χ0v) is 5.35. The molecule has 1 nitrogen and oxygen atoms in total. The van der Waals surface area contributed by atoms with E-state index in [-0.39, 0.29) is 0 Å². The smallest absolute Gasteiger partial charge is 0.132 e. The lowest BCUT2D eigenvalue weighted by Gasteiger charge is -1.91. The molecule has 0 bridgehead atoms. The Kier molecular flexibility index (Phi) is 1.66. The molecule has 0 atom stereocenters. The summed E-state index contributed by atoms with van der Waals surface area (Å²) < 4.78 is 0. The van der Waals surface area contributed by atoms with Crippen molar-refractivity contribution in [2.75, 3.05) is 0 Å². The lowest BCUT2D eigenvalue weighted by molar-refractivity contribution is 0.568. The molecule has 0 spiro atoms. The molecule has 1 heteroatoms. The standard InChI is InChI=1S/C8H8O/c1-2-7-4-3-5-8(7)6-9/h3-5H,2H2,1H3. The van der Waals surface area contributed by atoms with Crippen LogP contribution in [0.2, 0.25) is 0 Å². The van der Waals surface area contributed by atoms with Gasteiger partial charge in [-0.15, -0.1) is 0 Å². The minimum Gasteiger partial charge on any atom is -0.233 e. The van der Waals surface area contributed by atoms with Crippen molar-refractivity contribution in [2.45, 2.75) is 13.3 Å². The third-order valence-electron chi connectivity index (χ3n) is 1.40. The molecule has 0 radical (unpaired) electrons. The first-order valence-electron chi connectivity index (χ1n) is 3.01. The summed E-state index contributed by atoms with van der Waals surface area (Å²) in [5.74, 6) is 1.88. The fourth-order valence-electron chi connectivity index (χ4n) is 0.865. The largest absolute Gasteiger partial charge is 0.233 e. The Morgan fingerprint density at radius 3 is 2.89 bits per heavy atom. The van der Waals surface area contributed by atoms with Crippen molar-refractivity contribution in [1.82, 2.24) is 0 Å². The summed E-state index contributed by atoms with van der Waals surface area (Å²) in [5.41, 5.74) is 1.79. The fraction of sp³-hybridized carbons (Fsp3) is 0.250. The van der Waals surface area contributed by atoms with Crippen molar-refractivity contribution in [3.05, 3.63) is 29.4 Å². The van der Waals surface area contributed by atoms with Crippen LogP contribution in [0.5, 0.6) is 0 Å². The highest BCUT2D eigenvalue weighted by atomic mass is 16.1. The number of hydrogen-bond donors (Lipinski definition) is 0. The summed E-state index contributed by atoms with van der Waals surface area (Å²) in [6.07, 6.45) is 6.52. The Hall–Kier alpha value is -1.07. The maximum absolute atomic E-state index is 10.1. The van der Waals surface area contributed by atoms with Gasteiger partial charge in [0.1, 0.15) is 5.94 Å². The molecule has 1 aliphatic rings. The zero-order valence-electron chi connectivity index (χ0n) is 5.35. The van der Waals surface area contributed by atoms with Crippen LogP contribution >= 0.6 is 0 Å². The number of carbonyl (C=O) groups excluding carboxylic acids is 1. The molecule has 0 aliphatic heterocycles. The minimum atomic E-state index is 0.706. The highest BCUT2D eigenvalue weighted by molar-refractivity contribution is 5.68. The molecule has 46 valence electrons. The molecule has 0 unspecified atom stereocenters. The van der Waals surface area contributed by atoms with E-state index >= 15 is 0 Å². The second kappa shape index (κ2) is 2.47. The second-order valence-electron chi connectivity index (χ2n) is 1.92. The van der Waals surface area contributed by atoms with E-state index in [1.807, 2.05) is 25.0 Å². The maximum atomic E-state index is 10.1.